The van der Waals surface area contributed by atoms with Crippen molar-refractivity contribution in [2.45, 2.75) is 20.3 Å². The second kappa shape index (κ2) is 8.44. The first-order valence-electron chi connectivity index (χ1n) is 7.82. The number of hydrogen-bond donors (Lipinski definition) is 1. The molecule has 0 saturated carbocycles. The summed E-state index contributed by atoms with van der Waals surface area (Å²) in [5.41, 5.74) is 2.10. The van der Waals surface area contributed by atoms with E-state index in [-0.39, 0.29) is 5.82 Å². The standard InChI is InChI=1S/C15H17FN4.C2H6/c16-14-3-1-12(2-4-14)9-13-10-18-15(19-11-13)20-7-5-17-6-8-20;1-2/h1-4,10-11,17H,5-9H2;1-2H3. The van der Waals surface area contributed by atoms with Gasteiger partial charge < -0.3 is 10.2 Å². The number of nitrogens with one attached hydrogen (secondary N) is 1. The van der Waals surface area contributed by atoms with Crippen LogP contribution in [0.25, 0.3) is 0 Å². The van der Waals surface area contributed by atoms with Gasteiger partial charge in [0.15, 0.2) is 0 Å². The van der Waals surface area contributed by atoms with Crippen LogP contribution in [-0.4, -0.2) is 36.1 Å². The fraction of sp³-hybridized carbons (Fsp3) is 0.412. The summed E-state index contributed by atoms with van der Waals surface area (Å²) >= 11 is 0. The van der Waals surface area contributed by atoms with Gasteiger partial charge >= 0.3 is 0 Å². The Labute approximate surface area is 131 Å². The Kier molecular flexibility index (Phi) is 6.27. The monoisotopic (exact) mass is 302 g/mol. The molecule has 3 rings (SSSR count). The van der Waals surface area contributed by atoms with Crippen LogP contribution in [-0.2, 0) is 6.42 Å². The lowest BCUT2D eigenvalue weighted by Crippen LogP contribution is -2.44. The van der Waals surface area contributed by atoms with Crippen molar-refractivity contribution in [3.63, 3.8) is 0 Å². The predicted octanol–water partition coefficient (Wildman–Crippen LogP) is 2.64. The Bertz CT molecular complexity index is 548. The first-order chi connectivity index (χ1) is 10.8. The van der Waals surface area contributed by atoms with Crippen molar-refractivity contribution in [3.05, 3.63) is 53.6 Å². The van der Waals surface area contributed by atoms with Gasteiger partial charge in [-0.25, -0.2) is 14.4 Å². The smallest absolute Gasteiger partial charge is 0.225 e. The Hall–Kier alpha value is -2.01. The quantitative estimate of drug-likeness (QED) is 0.946. The Morgan fingerprint density at radius 1 is 1.00 bits per heavy atom. The molecule has 0 aliphatic carbocycles. The second-order valence-corrected chi connectivity index (χ2v) is 4.93. The minimum absolute atomic E-state index is 0.209. The molecular weight excluding hydrogens is 279 g/mol. The minimum Gasteiger partial charge on any atom is -0.338 e. The van der Waals surface area contributed by atoms with Crippen molar-refractivity contribution in [3.8, 4) is 0 Å². The average molecular weight is 302 g/mol. The zero-order valence-electron chi connectivity index (χ0n) is 13.2. The zero-order valence-corrected chi connectivity index (χ0v) is 13.2. The van der Waals surface area contributed by atoms with Crippen molar-refractivity contribution in [2.75, 3.05) is 31.1 Å². The minimum atomic E-state index is -0.209. The number of rotatable bonds is 3. The first-order valence-corrected chi connectivity index (χ1v) is 7.82. The Morgan fingerprint density at radius 2 is 1.59 bits per heavy atom. The van der Waals surface area contributed by atoms with E-state index in [0.717, 1.165) is 49.7 Å². The summed E-state index contributed by atoms with van der Waals surface area (Å²) < 4.78 is 12.8. The number of hydrogen-bond acceptors (Lipinski definition) is 4. The molecule has 2 aromatic rings. The van der Waals surface area contributed by atoms with E-state index in [2.05, 4.69) is 20.2 Å². The van der Waals surface area contributed by atoms with Crippen molar-refractivity contribution in [1.82, 2.24) is 15.3 Å². The van der Waals surface area contributed by atoms with E-state index >= 15 is 0 Å². The van der Waals surface area contributed by atoms with Crippen LogP contribution in [0.3, 0.4) is 0 Å². The van der Waals surface area contributed by atoms with Crippen molar-refractivity contribution >= 4 is 5.95 Å². The van der Waals surface area contributed by atoms with Gasteiger partial charge in [0.05, 0.1) is 0 Å². The largest absolute Gasteiger partial charge is 0.338 e. The maximum absolute atomic E-state index is 12.8. The Balaban J connectivity index is 0.000000847. The number of benzene rings is 1. The molecule has 4 nitrogen and oxygen atoms in total. The lowest BCUT2D eigenvalue weighted by atomic mass is 10.1. The topological polar surface area (TPSA) is 41.1 Å². The summed E-state index contributed by atoms with van der Waals surface area (Å²) in [5.74, 6) is 0.577. The highest BCUT2D eigenvalue weighted by Crippen LogP contribution is 2.12. The van der Waals surface area contributed by atoms with Gasteiger partial charge in [-0.2, -0.15) is 0 Å². The number of nitrogens with zero attached hydrogens (tertiary/aromatic N) is 3. The fourth-order valence-electron chi connectivity index (χ4n) is 2.31. The lowest BCUT2D eigenvalue weighted by molar-refractivity contribution is 0.579. The normalized spacial score (nSPS) is 14.2. The highest BCUT2D eigenvalue weighted by molar-refractivity contribution is 5.32. The van der Waals surface area contributed by atoms with E-state index < -0.39 is 0 Å². The molecule has 2 heterocycles. The third-order valence-corrected chi connectivity index (χ3v) is 3.41. The van der Waals surface area contributed by atoms with Crippen LogP contribution in [0.1, 0.15) is 25.0 Å². The number of anilines is 1. The summed E-state index contributed by atoms with van der Waals surface area (Å²) in [6.07, 6.45) is 4.43. The number of piperazine rings is 1. The molecule has 0 atom stereocenters. The predicted molar refractivity (Wildman–Crippen MR) is 87.7 cm³/mol. The molecule has 0 unspecified atom stereocenters. The van der Waals surface area contributed by atoms with E-state index in [9.17, 15) is 4.39 Å². The molecule has 22 heavy (non-hydrogen) atoms. The van der Waals surface area contributed by atoms with Crippen LogP contribution < -0.4 is 10.2 Å². The highest BCUT2D eigenvalue weighted by atomic mass is 19.1. The average Bonchev–Trinajstić information content (AvgIpc) is 2.60. The molecule has 1 aromatic carbocycles. The number of halogens is 1. The van der Waals surface area contributed by atoms with Gasteiger partial charge in [-0.15, -0.1) is 0 Å². The lowest BCUT2D eigenvalue weighted by Gasteiger charge is -2.27. The third-order valence-electron chi connectivity index (χ3n) is 3.41. The number of aromatic nitrogens is 2. The molecule has 1 N–H and O–H groups in total. The molecule has 1 aromatic heterocycles. The SMILES string of the molecule is CC.Fc1ccc(Cc2cnc(N3CCNCC3)nc2)cc1. The van der Waals surface area contributed by atoms with Gasteiger partial charge in [0, 0.05) is 45.0 Å². The summed E-state index contributed by atoms with van der Waals surface area (Å²) in [7, 11) is 0. The molecule has 0 radical (unpaired) electrons. The van der Waals surface area contributed by atoms with E-state index in [1.54, 1.807) is 12.1 Å². The van der Waals surface area contributed by atoms with Gasteiger partial charge in [0.1, 0.15) is 5.82 Å². The third kappa shape index (κ3) is 4.49. The van der Waals surface area contributed by atoms with E-state index in [1.165, 1.54) is 12.1 Å². The molecule has 5 heteroatoms. The molecule has 0 amide bonds. The fourth-order valence-corrected chi connectivity index (χ4v) is 2.31. The summed E-state index contributed by atoms with van der Waals surface area (Å²) in [6, 6.07) is 6.54. The molecule has 0 spiro atoms. The molecule has 118 valence electrons. The van der Waals surface area contributed by atoms with Crippen LogP contribution in [0, 0.1) is 5.82 Å². The van der Waals surface area contributed by atoms with E-state index in [1.807, 2.05) is 26.2 Å². The van der Waals surface area contributed by atoms with Crippen molar-refractivity contribution in [1.29, 1.82) is 0 Å². The van der Waals surface area contributed by atoms with Crippen LogP contribution in [0.2, 0.25) is 0 Å². The summed E-state index contributed by atoms with van der Waals surface area (Å²) in [5, 5.41) is 3.31. The maximum atomic E-state index is 12.8. The second-order valence-electron chi connectivity index (χ2n) is 4.93. The molecule has 1 aliphatic heterocycles. The zero-order chi connectivity index (χ0) is 15.8. The maximum Gasteiger partial charge on any atom is 0.225 e. The molecule has 1 aliphatic rings. The first kappa shape index (κ1) is 16.4. The van der Waals surface area contributed by atoms with Gasteiger partial charge in [-0.3, -0.25) is 0 Å². The van der Waals surface area contributed by atoms with Gasteiger partial charge in [0.2, 0.25) is 5.95 Å². The summed E-state index contributed by atoms with van der Waals surface area (Å²) in [4.78, 5) is 11.0. The van der Waals surface area contributed by atoms with Crippen molar-refractivity contribution < 1.29 is 4.39 Å². The molecule has 1 saturated heterocycles. The molecule has 1 fully saturated rings. The molecule has 0 bridgehead atoms. The van der Waals surface area contributed by atoms with Gasteiger partial charge in [0.25, 0.3) is 0 Å². The van der Waals surface area contributed by atoms with Crippen LogP contribution in [0.15, 0.2) is 36.7 Å². The molecular formula is C17H23FN4. The van der Waals surface area contributed by atoms with Gasteiger partial charge in [-0.05, 0) is 23.3 Å². The van der Waals surface area contributed by atoms with E-state index in [0.29, 0.717) is 0 Å². The van der Waals surface area contributed by atoms with Gasteiger partial charge in [-0.1, -0.05) is 26.0 Å². The van der Waals surface area contributed by atoms with Crippen molar-refractivity contribution in [2.24, 2.45) is 0 Å². The van der Waals surface area contributed by atoms with Crippen LogP contribution in [0.5, 0.6) is 0 Å². The highest BCUT2D eigenvalue weighted by Gasteiger charge is 2.12. The van der Waals surface area contributed by atoms with Crippen LogP contribution >= 0.6 is 0 Å². The Morgan fingerprint density at radius 3 is 2.18 bits per heavy atom. The summed E-state index contributed by atoms with van der Waals surface area (Å²) in [6.45, 7) is 7.83. The van der Waals surface area contributed by atoms with E-state index in [4.69, 9.17) is 0 Å². The van der Waals surface area contributed by atoms with Crippen LogP contribution in [0.4, 0.5) is 10.3 Å².